The molecule has 0 bridgehead atoms. The van der Waals surface area contributed by atoms with Crippen molar-refractivity contribution in [2.75, 3.05) is 7.11 Å². The Morgan fingerprint density at radius 2 is 2.00 bits per heavy atom. The SMILES string of the molecule is CC.COC(=O)CCC/C=C\C[C@H]1CCC(F)C1C=O. The highest BCUT2D eigenvalue weighted by molar-refractivity contribution is 5.69. The number of allylic oxidation sites excluding steroid dienone is 2. The fourth-order valence-corrected chi connectivity index (χ4v) is 2.38. The quantitative estimate of drug-likeness (QED) is 0.309. The number of halogens is 1. The Kier molecular flexibility index (Phi) is 10.9. The highest BCUT2D eigenvalue weighted by Gasteiger charge is 2.34. The van der Waals surface area contributed by atoms with Crippen LogP contribution >= 0.6 is 0 Å². The van der Waals surface area contributed by atoms with Crippen molar-refractivity contribution in [2.24, 2.45) is 11.8 Å². The Morgan fingerprint density at radius 3 is 2.60 bits per heavy atom. The third-order valence-electron chi connectivity index (χ3n) is 3.52. The van der Waals surface area contributed by atoms with Crippen molar-refractivity contribution in [1.29, 1.82) is 0 Å². The van der Waals surface area contributed by atoms with E-state index in [-0.39, 0.29) is 11.9 Å². The predicted molar refractivity (Wildman–Crippen MR) is 78.1 cm³/mol. The van der Waals surface area contributed by atoms with E-state index in [2.05, 4.69) is 4.74 Å². The molecule has 0 radical (unpaired) electrons. The first-order chi connectivity index (χ1) is 9.69. The van der Waals surface area contributed by atoms with Crippen LogP contribution < -0.4 is 0 Å². The molecule has 0 aromatic heterocycles. The first kappa shape index (κ1) is 18.8. The van der Waals surface area contributed by atoms with Gasteiger partial charge in [-0.3, -0.25) is 4.79 Å². The Balaban J connectivity index is 0.00000172. The third-order valence-corrected chi connectivity index (χ3v) is 3.52. The van der Waals surface area contributed by atoms with E-state index in [1.165, 1.54) is 7.11 Å². The van der Waals surface area contributed by atoms with Crippen molar-refractivity contribution in [2.45, 2.75) is 58.5 Å². The molecule has 3 nitrogen and oxygen atoms in total. The maximum absolute atomic E-state index is 13.3. The molecule has 116 valence electrons. The molecule has 1 aliphatic carbocycles. The van der Waals surface area contributed by atoms with Gasteiger partial charge in [-0.05, 0) is 38.0 Å². The molecule has 1 fully saturated rings. The number of aldehydes is 1. The zero-order valence-corrected chi connectivity index (χ0v) is 12.8. The van der Waals surface area contributed by atoms with Crippen LogP contribution in [0.15, 0.2) is 12.2 Å². The minimum absolute atomic E-state index is 0.148. The van der Waals surface area contributed by atoms with Crippen molar-refractivity contribution >= 4 is 12.3 Å². The number of methoxy groups -OCH3 is 1. The summed E-state index contributed by atoms with van der Waals surface area (Å²) in [7, 11) is 1.38. The van der Waals surface area contributed by atoms with Gasteiger partial charge in [-0.15, -0.1) is 0 Å². The van der Waals surface area contributed by atoms with E-state index in [0.717, 1.165) is 32.0 Å². The van der Waals surface area contributed by atoms with Crippen LogP contribution in [0.25, 0.3) is 0 Å². The van der Waals surface area contributed by atoms with E-state index >= 15 is 0 Å². The standard InChI is InChI=1S/C14H21FO3.C2H6/c1-18-14(17)7-5-3-2-4-6-11-8-9-13(15)12(11)10-16;1-2/h2,4,10-13H,3,5-9H2,1H3;1-2H3/b4-2-;/t11-,12?,13?;/m0./s1. The topological polar surface area (TPSA) is 43.4 Å². The highest BCUT2D eigenvalue weighted by atomic mass is 19.1. The van der Waals surface area contributed by atoms with Crippen molar-refractivity contribution in [3.8, 4) is 0 Å². The fourth-order valence-electron chi connectivity index (χ4n) is 2.38. The Bertz CT molecular complexity index is 302. The van der Waals surface area contributed by atoms with E-state index in [4.69, 9.17) is 0 Å². The molecule has 0 aromatic carbocycles. The average molecular weight is 286 g/mol. The molecular weight excluding hydrogens is 259 g/mol. The van der Waals surface area contributed by atoms with Crippen LogP contribution in [-0.4, -0.2) is 25.5 Å². The van der Waals surface area contributed by atoms with Crippen LogP contribution in [0.4, 0.5) is 4.39 Å². The first-order valence-corrected chi connectivity index (χ1v) is 7.50. The molecule has 1 saturated carbocycles. The summed E-state index contributed by atoms with van der Waals surface area (Å²) in [5, 5.41) is 0. The predicted octanol–water partition coefficient (Wildman–Crippen LogP) is 3.87. The second kappa shape index (κ2) is 11.6. The van der Waals surface area contributed by atoms with Crippen LogP contribution in [0.1, 0.15) is 52.4 Å². The van der Waals surface area contributed by atoms with Gasteiger partial charge in [0.1, 0.15) is 12.5 Å². The second-order valence-corrected chi connectivity index (χ2v) is 4.74. The summed E-state index contributed by atoms with van der Waals surface area (Å²) >= 11 is 0. The van der Waals surface area contributed by atoms with E-state index in [0.29, 0.717) is 12.8 Å². The lowest BCUT2D eigenvalue weighted by atomic mass is 9.93. The van der Waals surface area contributed by atoms with Crippen LogP contribution in [-0.2, 0) is 14.3 Å². The molecule has 0 aliphatic heterocycles. The van der Waals surface area contributed by atoms with Crippen LogP contribution in [0.2, 0.25) is 0 Å². The largest absolute Gasteiger partial charge is 0.469 e. The van der Waals surface area contributed by atoms with E-state index in [9.17, 15) is 14.0 Å². The van der Waals surface area contributed by atoms with Crippen molar-refractivity contribution in [3.63, 3.8) is 0 Å². The van der Waals surface area contributed by atoms with Crippen LogP contribution in [0.5, 0.6) is 0 Å². The third kappa shape index (κ3) is 6.83. The van der Waals surface area contributed by atoms with Gasteiger partial charge >= 0.3 is 5.97 Å². The lowest BCUT2D eigenvalue weighted by Crippen LogP contribution is -2.16. The van der Waals surface area contributed by atoms with E-state index in [1.54, 1.807) is 0 Å². The molecule has 2 unspecified atom stereocenters. The molecule has 0 saturated heterocycles. The van der Waals surface area contributed by atoms with E-state index in [1.807, 2.05) is 26.0 Å². The van der Waals surface area contributed by atoms with Gasteiger partial charge in [0.2, 0.25) is 0 Å². The zero-order chi connectivity index (χ0) is 15.4. The number of unbranched alkanes of at least 4 members (excludes halogenated alkanes) is 1. The van der Waals surface area contributed by atoms with Gasteiger partial charge in [-0.25, -0.2) is 4.39 Å². The molecule has 20 heavy (non-hydrogen) atoms. The summed E-state index contributed by atoms with van der Waals surface area (Å²) < 4.78 is 17.8. The van der Waals surface area contributed by atoms with Crippen LogP contribution in [0, 0.1) is 11.8 Å². The number of ether oxygens (including phenoxy) is 1. The molecule has 1 aliphatic rings. The molecule has 4 heteroatoms. The maximum Gasteiger partial charge on any atom is 0.305 e. The molecule has 0 heterocycles. The van der Waals surface area contributed by atoms with E-state index < -0.39 is 12.1 Å². The van der Waals surface area contributed by atoms with Crippen molar-refractivity contribution < 1.29 is 18.7 Å². The fraction of sp³-hybridized carbons (Fsp3) is 0.750. The number of carbonyl (C=O) groups excluding carboxylic acids is 2. The molecule has 1 rings (SSSR count). The summed E-state index contributed by atoms with van der Waals surface area (Å²) in [6.07, 6.45) is 7.83. The molecular formula is C16H27FO3. The summed E-state index contributed by atoms with van der Waals surface area (Å²) in [5.41, 5.74) is 0. The highest BCUT2D eigenvalue weighted by Crippen LogP contribution is 2.35. The monoisotopic (exact) mass is 286 g/mol. The number of alkyl halides is 1. The molecule has 0 amide bonds. The van der Waals surface area contributed by atoms with Crippen LogP contribution in [0.3, 0.4) is 0 Å². The number of hydrogen-bond acceptors (Lipinski definition) is 3. The summed E-state index contributed by atoms with van der Waals surface area (Å²) in [4.78, 5) is 21.6. The lowest BCUT2D eigenvalue weighted by molar-refractivity contribution is -0.140. The maximum atomic E-state index is 13.3. The molecule has 0 aromatic rings. The Hall–Kier alpha value is -1.19. The van der Waals surface area contributed by atoms with Crippen molar-refractivity contribution in [1.82, 2.24) is 0 Å². The summed E-state index contributed by atoms with van der Waals surface area (Å²) in [6, 6.07) is 0. The van der Waals surface area contributed by atoms with Crippen molar-refractivity contribution in [3.05, 3.63) is 12.2 Å². The van der Waals surface area contributed by atoms with Gasteiger partial charge in [0.15, 0.2) is 0 Å². The Morgan fingerprint density at radius 1 is 1.30 bits per heavy atom. The molecule has 0 N–H and O–H groups in total. The summed E-state index contributed by atoms with van der Waals surface area (Å²) in [5.74, 6) is -0.473. The number of hydrogen-bond donors (Lipinski definition) is 0. The van der Waals surface area contributed by atoms with Gasteiger partial charge < -0.3 is 9.53 Å². The number of esters is 1. The van der Waals surface area contributed by atoms with Gasteiger partial charge in [-0.1, -0.05) is 26.0 Å². The molecule has 0 spiro atoms. The minimum Gasteiger partial charge on any atom is -0.469 e. The summed E-state index contributed by atoms with van der Waals surface area (Å²) in [6.45, 7) is 4.00. The first-order valence-electron chi connectivity index (χ1n) is 7.50. The van der Waals surface area contributed by atoms with Gasteiger partial charge in [0, 0.05) is 12.3 Å². The minimum atomic E-state index is -0.958. The number of rotatable bonds is 7. The average Bonchev–Trinajstić information content (AvgIpc) is 2.84. The normalized spacial score (nSPS) is 25.1. The van der Waals surface area contributed by atoms with Gasteiger partial charge in [0.05, 0.1) is 7.11 Å². The Labute approximate surface area is 121 Å². The van der Waals surface area contributed by atoms with Gasteiger partial charge in [-0.2, -0.15) is 0 Å². The lowest BCUT2D eigenvalue weighted by Gasteiger charge is -2.12. The zero-order valence-electron chi connectivity index (χ0n) is 12.8. The molecule has 3 atom stereocenters. The number of carbonyl (C=O) groups is 2. The smallest absolute Gasteiger partial charge is 0.305 e. The second-order valence-electron chi connectivity index (χ2n) is 4.74. The van der Waals surface area contributed by atoms with Gasteiger partial charge in [0.25, 0.3) is 0 Å².